The topological polar surface area (TPSA) is 0 Å². The molecular weight excluding hydrogens is 168 g/mol. The molecule has 0 nitrogen and oxygen atoms in total. The predicted octanol–water partition coefficient (Wildman–Crippen LogP) is 4.95. The van der Waals surface area contributed by atoms with Gasteiger partial charge in [0.15, 0.2) is 0 Å². The van der Waals surface area contributed by atoms with Crippen molar-refractivity contribution in [1.29, 1.82) is 0 Å². The van der Waals surface area contributed by atoms with Crippen LogP contribution in [0.1, 0.15) is 65.7 Å². The monoisotopic (exact) mass is 194 g/mol. The van der Waals surface area contributed by atoms with E-state index in [0.717, 1.165) is 5.92 Å². The lowest BCUT2D eigenvalue weighted by molar-refractivity contribution is 0.177. The van der Waals surface area contributed by atoms with Crippen molar-refractivity contribution in [2.24, 2.45) is 11.3 Å². The van der Waals surface area contributed by atoms with Gasteiger partial charge in [0.1, 0.15) is 0 Å². The largest absolute Gasteiger partial charge is 0.0885 e. The first-order valence-electron chi connectivity index (χ1n) is 6.33. The average Bonchev–Trinajstić information content (AvgIpc) is 2.30. The molecule has 0 spiro atoms. The fourth-order valence-corrected chi connectivity index (χ4v) is 3.09. The van der Waals surface area contributed by atoms with Gasteiger partial charge >= 0.3 is 0 Å². The van der Waals surface area contributed by atoms with E-state index in [1.54, 1.807) is 0 Å². The molecule has 0 fully saturated rings. The van der Waals surface area contributed by atoms with Crippen LogP contribution in [-0.2, 0) is 0 Å². The Balaban J connectivity index is 2.59. The summed E-state index contributed by atoms with van der Waals surface area (Å²) in [4.78, 5) is 0. The van der Waals surface area contributed by atoms with E-state index in [-0.39, 0.29) is 0 Å². The van der Waals surface area contributed by atoms with Crippen LogP contribution in [0.15, 0.2) is 12.2 Å². The van der Waals surface area contributed by atoms with Gasteiger partial charge in [0.05, 0.1) is 0 Å². The third-order valence-electron chi connectivity index (χ3n) is 3.47. The molecule has 0 aromatic carbocycles. The van der Waals surface area contributed by atoms with E-state index in [4.69, 9.17) is 0 Å². The summed E-state index contributed by atoms with van der Waals surface area (Å²) >= 11 is 0. The summed E-state index contributed by atoms with van der Waals surface area (Å²) in [5.74, 6) is 0.861. The highest BCUT2D eigenvalue weighted by Crippen LogP contribution is 2.42. The molecule has 0 saturated carbocycles. The fraction of sp³-hybridized carbons (Fsp3) is 0.857. The van der Waals surface area contributed by atoms with Crippen molar-refractivity contribution in [3.8, 4) is 0 Å². The highest BCUT2D eigenvalue weighted by atomic mass is 14.3. The Morgan fingerprint density at radius 1 is 1.14 bits per heavy atom. The third-order valence-corrected chi connectivity index (χ3v) is 3.47. The number of allylic oxidation sites excluding steroid dienone is 2. The molecule has 0 aromatic heterocycles. The molecule has 82 valence electrons. The second kappa shape index (κ2) is 5.58. The van der Waals surface area contributed by atoms with Crippen LogP contribution in [0, 0.1) is 11.3 Å². The quantitative estimate of drug-likeness (QED) is 0.555. The predicted molar refractivity (Wildman–Crippen MR) is 64.4 cm³/mol. The summed E-state index contributed by atoms with van der Waals surface area (Å²) in [6.45, 7) is 7.08. The van der Waals surface area contributed by atoms with Gasteiger partial charge in [-0.3, -0.25) is 0 Å². The molecule has 0 unspecified atom stereocenters. The van der Waals surface area contributed by atoms with Crippen LogP contribution in [0.3, 0.4) is 0 Å². The van der Waals surface area contributed by atoms with Crippen molar-refractivity contribution in [3.05, 3.63) is 12.2 Å². The summed E-state index contributed by atoms with van der Waals surface area (Å²) in [6.07, 6.45) is 14.5. The van der Waals surface area contributed by atoms with Crippen LogP contribution < -0.4 is 0 Å². The van der Waals surface area contributed by atoms with Crippen LogP contribution in [0.2, 0.25) is 0 Å². The van der Waals surface area contributed by atoms with Crippen molar-refractivity contribution in [3.63, 3.8) is 0 Å². The van der Waals surface area contributed by atoms with Gasteiger partial charge in [-0.2, -0.15) is 0 Å². The second-order valence-corrected chi connectivity index (χ2v) is 5.40. The SMILES string of the molecule is CCCC1(CC(C)C)CCC=CCC1. The smallest absolute Gasteiger partial charge is 0.0289 e. The molecule has 0 heterocycles. The third kappa shape index (κ3) is 3.48. The highest BCUT2D eigenvalue weighted by Gasteiger charge is 2.29. The highest BCUT2D eigenvalue weighted by molar-refractivity contribution is 4.93. The van der Waals surface area contributed by atoms with Gasteiger partial charge < -0.3 is 0 Å². The molecule has 1 aliphatic carbocycles. The molecule has 1 rings (SSSR count). The van der Waals surface area contributed by atoms with Crippen LogP contribution in [0.4, 0.5) is 0 Å². The van der Waals surface area contributed by atoms with Gasteiger partial charge in [0.25, 0.3) is 0 Å². The summed E-state index contributed by atoms with van der Waals surface area (Å²) in [6, 6.07) is 0. The van der Waals surface area contributed by atoms with Crippen LogP contribution in [0.5, 0.6) is 0 Å². The first kappa shape index (κ1) is 11.8. The van der Waals surface area contributed by atoms with Crippen LogP contribution in [-0.4, -0.2) is 0 Å². The van der Waals surface area contributed by atoms with Crippen LogP contribution >= 0.6 is 0 Å². The van der Waals surface area contributed by atoms with E-state index in [1.165, 1.54) is 44.9 Å². The van der Waals surface area contributed by atoms with Gasteiger partial charge in [-0.05, 0) is 49.9 Å². The lowest BCUT2D eigenvalue weighted by Crippen LogP contribution is -2.22. The minimum absolute atomic E-state index is 0.673. The lowest BCUT2D eigenvalue weighted by atomic mass is 9.71. The molecule has 0 amide bonds. The molecule has 0 N–H and O–H groups in total. The van der Waals surface area contributed by atoms with E-state index in [2.05, 4.69) is 32.9 Å². The molecule has 0 bridgehead atoms. The van der Waals surface area contributed by atoms with Gasteiger partial charge in [0.2, 0.25) is 0 Å². The van der Waals surface area contributed by atoms with Gasteiger partial charge in [-0.1, -0.05) is 39.3 Å². The summed E-state index contributed by atoms with van der Waals surface area (Å²) < 4.78 is 0. The first-order chi connectivity index (χ1) is 6.68. The van der Waals surface area contributed by atoms with Crippen molar-refractivity contribution < 1.29 is 0 Å². The Kier molecular flexibility index (Phi) is 4.71. The first-order valence-corrected chi connectivity index (χ1v) is 6.33. The molecule has 14 heavy (non-hydrogen) atoms. The Morgan fingerprint density at radius 3 is 2.14 bits per heavy atom. The Hall–Kier alpha value is -0.260. The summed E-state index contributed by atoms with van der Waals surface area (Å²) in [5.41, 5.74) is 0.673. The molecule has 1 aliphatic rings. The van der Waals surface area contributed by atoms with Gasteiger partial charge in [-0.15, -0.1) is 0 Å². The zero-order valence-electron chi connectivity index (χ0n) is 10.2. The molecular formula is C14H26. The normalized spacial score (nSPS) is 21.1. The van der Waals surface area contributed by atoms with E-state index in [9.17, 15) is 0 Å². The van der Waals surface area contributed by atoms with E-state index < -0.39 is 0 Å². The molecule has 0 aromatic rings. The van der Waals surface area contributed by atoms with Crippen molar-refractivity contribution in [1.82, 2.24) is 0 Å². The fourth-order valence-electron chi connectivity index (χ4n) is 3.09. The maximum atomic E-state index is 2.39. The Morgan fingerprint density at radius 2 is 1.71 bits per heavy atom. The average molecular weight is 194 g/mol. The number of rotatable bonds is 4. The van der Waals surface area contributed by atoms with Crippen molar-refractivity contribution >= 4 is 0 Å². The van der Waals surface area contributed by atoms with E-state index in [1.807, 2.05) is 0 Å². The van der Waals surface area contributed by atoms with Crippen molar-refractivity contribution in [2.75, 3.05) is 0 Å². The zero-order valence-corrected chi connectivity index (χ0v) is 10.2. The van der Waals surface area contributed by atoms with Crippen molar-refractivity contribution in [2.45, 2.75) is 65.7 Å². The zero-order chi connectivity index (χ0) is 10.4. The lowest BCUT2D eigenvalue weighted by Gasteiger charge is -2.34. The van der Waals surface area contributed by atoms with Gasteiger partial charge in [-0.25, -0.2) is 0 Å². The Labute approximate surface area is 89.8 Å². The number of hydrogen-bond donors (Lipinski definition) is 0. The van der Waals surface area contributed by atoms with E-state index >= 15 is 0 Å². The minimum Gasteiger partial charge on any atom is -0.0885 e. The summed E-state index contributed by atoms with van der Waals surface area (Å²) in [7, 11) is 0. The maximum Gasteiger partial charge on any atom is -0.0289 e. The van der Waals surface area contributed by atoms with Crippen LogP contribution in [0.25, 0.3) is 0 Å². The molecule has 0 atom stereocenters. The van der Waals surface area contributed by atoms with Gasteiger partial charge in [0, 0.05) is 0 Å². The second-order valence-electron chi connectivity index (χ2n) is 5.40. The standard InChI is InChI=1S/C14H26/c1-4-9-14(12-13(2)3)10-7-5-6-8-11-14/h5-6,13H,4,7-12H2,1-3H3. The Bertz CT molecular complexity index is 166. The molecule has 0 radical (unpaired) electrons. The van der Waals surface area contributed by atoms with E-state index in [0.29, 0.717) is 5.41 Å². The molecule has 0 saturated heterocycles. The minimum atomic E-state index is 0.673. The number of hydrogen-bond acceptors (Lipinski definition) is 0. The maximum absolute atomic E-state index is 2.39. The molecule has 0 heteroatoms. The summed E-state index contributed by atoms with van der Waals surface area (Å²) in [5, 5.41) is 0. The molecule has 0 aliphatic heterocycles.